The molecule has 0 saturated carbocycles. The van der Waals surface area contributed by atoms with Crippen LogP contribution in [0.15, 0.2) is 42.9 Å². The molecular weight excluding hydrogens is 513 g/mol. The molecule has 0 radical (unpaired) electrons. The van der Waals surface area contributed by atoms with E-state index in [1.54, 1.807) is 20.5 Å². The Labute approximate surface area is 227 Å². The van der Waals surface area contributed by atoms with E-state index >= 15 is 0 Å². The molecule has 4 aromatic rings. The molecule has 1 aliphatic rings. The largest absolute Gasteiger partial charge is 0.493 e. The van der Waals surface area contributed by atoms with Crippen molar-refractivity contribution in [2.45, 2.75) is 19.5 Å². The molecular formula is C26H33Cl2N7O2. The van der Waals surface area contributed by atoms with Gasteiger partial charge in [0.15, 0.2) is 11.5 Å². The van der Waals surface area contributed by atoms with Crippen LogP contribution in [0.4, 0.5) is 5.69 Å². The van der Waals surface area contributed by atoms with Crippen molar-refractivity contribution in [1.29, 1.82) is 0 Å². The molecule has 11 heteroatoms. The normalized spacial score (nSPS) is 14.1. The van der Waals surface area contributed by atoms with Gasteiger partial charge in [0.05, 0.1) is 44.0 Å². The summed E-state index contributed by atoms with van der Waals surface area (Å²) in [5.41, 5.74) is 11.2. The van der Waals surface area contributed by atoms with Crippen molar-refractivity contribution < 1.29 is 9.47 Å². The Hall–Kier alpha value is -2.98. The molecule has 3 N–H and O–H groups in total. The lowest BCUT2D eigenvalue weighted by Crippen LogP contribution is -2.47. The Morgan fingerprint density at radius 2 is 1.84 bits per heavy atom. The van der Waals surface area contributed by atoms with Crippen LogP contribution in [0.3, 0.4) is 0 Å². The maximum Gasteiger partial charge on any atom is 0.162 e. The summed E-state index contributed by atoms with van der Waals surface area (Å²) in [6, 6.07) is 10.1. The summed E-state index contributed by atoms with van der Waals surface area (Å²) in [6.45, 7) is 5.80. The maximum absolute atomic E-state index is 6.38. The van der Waals surface area contributed by atoms with Gasteiger partial charge in [0, 0.05) is 79.6 Å². The fourth-order valence-corrected chi connectivity index (χ4v) is 5.17. The standard InChI is InChI=1S/C26H32ClN7O2.ClH/c1-35-25-12-19-22(31-34(16-18-15-29-17-30-18)24(19)13-26(25)36-2)6-7-32-8-10-33(11-9-32)23-5-3-4-21(27)20(23)14-28;/h3-5,12-13,15,17H,6-11,14,16,28H2,1-2H3,(H,29,30);1H. The van der Waals surface area contributed by atoms with Crippen LogP contribution in [0.2, 0.25) is 5.02 Å². The van der Waals surface area contributed by atoms with Gasteiger partial charge in [-0.1, -0.05) is 17.7 Å². The van der Waals surface area contributed by atoms with E-state index in [1.165, 1.54) is 0 Å². The first kappa shape index (κ1) is 27.1. The average molecular weight is 547 g/mol. The van der Waals surface area contributed by atoms with Crippen LogP contribution in [0.25, 0.3) is 10.9 Å². The predicted octanol–water partition coefficient (Wildman–Crippen LogP) is 3.72. The first-order valence-electron chi connectivity index (χ1n) is 12.1. The first-order chi connectivity index (χ1) is 17.6. The second-order valence-electron chi connectivity index (χ2n) is 8.93. The SMILES string of the molecule is COc1cc2c(CCN3CCN(c4cccc(Cl)c4CN)CC3)nn(Cc3cnc[nH]3)c2cc1OC.Cl. The fraction of sp³-hybridized carbons (Fsp3) is 0.385. The number of benzene rings is 2. The van der Waals surface area contributed by atoms with Gasteiger partial charge in [-0.3, -0.25) is 9.58 Å². The highest BCUT2D eigenvalue weighted by molar-refractivity contribution is 6.31. The number of ether oxygens (including phenoxy) is 2. The molecule has 0 bridgehead atoms. The number of piperazine rings is 1. The second-order valence-corrected chi connectivity index (χ2v) is 9.33. The molecule has 2 aromatic carbocycles. The average Bonchev–Trinajstić information content (AvgIpc) is 3.54. The predicted molar refractivity (Wildman–Crippen MR) is 149 cm³/mol. The van der Waals surface area contributed by atoms with Gasteiger partial charge in [-0.2, -0.15) is 5.10 Å². The lowest BCUT2D eigenvalue weighted by Gasteiger charge is -2.37. The van der Waals surface area contributed by atoms with Crippen LogP contribution < -0.4 is 20.1 Å². The van der Waals surface area contributed by atoms with Crippen molar-refractivity contribution >= 4 is 40.6 Å². The number of H-pyrrole nitrogens is 1. The Kier molecular flexibility index (Phi) is 8.81. The van der Waals surface area contributed by atoms with Gasteiger partial charge >= 0.3 is 0 Å². The van der Waals surface area contributed by atoms with Gasteiger partial charge in [0.2, 0.25) is 0 Å². The highest BCUT2D eigenvalue weighted by atomic mass is 35.5. The van der Waals surface area contributed by atoms with Crippen LogP contribution in [-0.4, -0.2) is 71.6 Å². The molecule has 2 aromatic heterocycles. The molecule has 1 saturated heterocycles. The zero-order valence-corrected chi connectivity index (χ0v) is 22.7. The number of anilines is 1. The van der Waals surface area contributed by atoms with E-state index in [0.29, 0.717) is 24.6 Å². The molecule has 198 valence electrons. The van der Waals surface area contributed by atoms with Crippen LogP contribution in [-0.2, 0) is 19.5 Å². The number of rotatable bonds is 9. The van der Waals surface area contributed by atoms with Gasteiger partial charge in [0.25, 0.3) is 0 Å². The quantitative estimate of drug-likeness (QED) is 0.330. The van der Waals surface area contributed by atoms with E-state index in [-0.39, 0.29) is 12.4 Å². The summed E-state index contributed by atoms with van der Waals surface area (Å²) in [4.78, 5) is 12.2. The molecule has 37 heavy (non-hydrogen) atoms. The van der Waals surface area contributed by atoms with Gasteiger partial charge in [-0.15, -0.1) is 12.4 Å². The number of nitrogens with two attached hydrogens (primary N) is 1. The Morgan fingerprint density at radius 3 is 2.51 bits per heavy atom. The van der Waals surface area contributed by atoms with E-state index in [4.69, 9.17) is 31.9 Å². The summed E-state index contributed by atoms with van der Waals surface area (Å²) in [7, 11) is 3.31. The van der Waals surface area contributed by atoms with Gasteiger partial charge in [-0.25, -0.2) is 4.98 Å². The first-order valence-corrected chi connectivity index (χ1v) is 12.5. The third kappa shape index (κ3) is 5.65. The number of aromatic amines is 1. The molecule has 0 spiro atoms. The molecule has 1 fully saturated rings. The number of nitrogens with one attached hydrogen (secondary N) is 1. The fourth-order valence-electron chi connectivity index (χ4n) is 4.93. The molecule has 0 atom stereocenters. The smallest absolute Gasteiger partial charge is 0.162 e. The van der Waals surface area contributed by atoms with Gasteiger partial charge in [0.1, 0.15) is 0 Å². The molecule has 1 aliphatic heterocycles. The molecule has 5 rings (SSSR count). The van der Waals surface area contributed by atoms with Crippen molar-refractivity contribution in [2.75, 3.05) is 51.8 Å². The zero-order chi connectivity index (χ0) is 25.1. The van der Waals surface area contributed by atoms with E-state index in [2.05, 4.69) is 25.8 Å². The number of hydrogen-bond donors (Lipinski definition) is 2. The lowest BCUT2D eigenvalue weighted by atomic mass is 10.1. The van der Waals surface area contributed by atoms with Crippen LogP contribution in [0.1, 0.15) is 17.0 Å². The van der Waals surface area contributed by atoms with E-state index in [1.807, 2.05) is 35.1 Å². The molecule has 9 nitrogen and oxygen atoms in total. The number of aromatic nitrogens is 4. The highest BCUT2D eigenvalue weighted by Gasteiger charge is 2.21. The van der Waals surface area contributed by atoms with Crippen molar-refractivity contribution in [3.8, 4) is 11.5 Å². The van der Waals surface area contributed by atoms with Crippen LogP contribution >= 0.6 is 24.0 Å². The van der Waals surface area contributed by atoms with E-state index in [0.717, 1.165) is 77.7 Å². The Balaban J connectivity index is 0.00000320. The molecule has 0 amide bonds. The molecule has 0 aliphatic carbocycles. The minimum atomic E-state index is 0. The lowest BCUT2D eigenvalue weighted by molar-refractivity contribution is 0.260. The topological polar surface area (TPSA) is 97.5 Å². The van der Waals surface area contributed by atoms with Crippen molar-refractivity contribution in [2.24, 2.45) is 5.73 Å². The van der Waals surface area contributed by atoms with Crippen molar-refractivity contribution in [3.63, 3.8) is 0 Å². The van der Waals surface area contributed by atoms with Crippen LogP contribution in [0.5, 0.6) is 11.5 Å². The van der Waals surface area contributed by atoms with Crippen molar-refractivity contribution in [3.05, 3.63) is 64.8 Å². The van der Waals surface area contributed by atoms with Gasteiger partial charge in [-0.05, 0) is 18.2 Å². The summed E-state index contributed by atoms with van der Waals surface area (Å²) in [5, 5.41) is 6.81. The number of hydrogen-bond acceptors (Lipinski definition) is 7. The zero-order valence-electron chi connectivity index (χ0n) is 21.1. The minimum absolute atomic E-state index is 0. The van der Waals surface area contributed by atoms with Crippen molar-refractivity contribution in [1.82, 2.24) is 24.6 Å². The summed E-state index contributed by atoms with van der Waals surface area (Å²) in [6.07, 6.45) is 4.35. The van der Waals surface area contributed by atoms with E-state index < -0.39 is 0 Å². The summed E-state index contributed by atoms with van der Waals surface area (Å²) >= 11 is 6.38. The number of nitrogens with zero attached hydrogens (tertiary/aromatic N) is 5. The van der Waals surface area contributed by atoms with Crippen LogP contribution in [0, 0.1) is 0 Å². The number of imidazole rings is 1. The maximum atomic E-state index is 6.38. The Morgan fingerprint density at radius 1 is 1.08 bits per heavy atom. The Bertz CT molecular complexity index is 1320. The summed E-state index contributed by atoms with van der Waals surface area (Å²) in [5.74, 6) is 1.40. The number of fused-ring (bicyclic) bond motifs is 1. The highest BCUT2D eigenvalue weighted by Crippen LogP contribution is 2.34. The van der Waals surface area contributed by atoms with E-state index in [9.17, 15) is 0 Å². The monoisotopic (exact) mass is 545 g/mol. The minimum Gasteiger partial charge on any atom is -0.493 e. The molecule has 0 unspecified atom stereocenters. The third-order valence-electron chi connectivity index (χ3n) is 6.88. The number of methoxy groups -OCH3 is 2. The molecule has 3 heterocycles. The number of halogens is 2. The summed E-state index contributed by atoms with van der Waals surface area (Å²) < 4.78 is 13.1. The third-order valence-corrected chi connectivity index (χ3v) is 7.24. The second kappa shape index (κ2) is 12.0. The van der Waals surface area contributed by atoms with Gasteiger partial charge < -0.3 is 25.1 Å².